The van der Waals surface area contributed by atoms with Gasteiger partial charge in [-0.15, -0.1) is 0 Å². The third kappa shape index (κ3) is 2.40. The van der Waals surface area contributed by atoms with Crippen LogP contribution in [-0.2, 0) is 11.5 Å². The van der Waals surface area contributed by atoms with Gasteiger partial charge in [0, 0.05) is 22.8 Å². The summed E-state index contributed by atoms with van der Waals surface area (Å²) in [5, 5.41) is 10.3. The molecular formula is C19H9F8NO2. The summed E-state index contributed by atoms with van der Waals surface area (Å²) < 4.78 is 119. The highest BCUT2D eigenvalue weighted by Crippen LogP contribution is 2.68. The topological polar surface area (TPSA) is 33.8 Å². The lowest BCUT2D eigenvalue weighted by atomic mass is 9.75. The summed E-state index contributed by atoms with van der Waals surface area (Å²) in [6, 6.07) is 3.40. The first-order valence-corrected chi connectivity index (χ1v) is 8.30. The van der Waals surface area contributed by atoms with Crippen LogP contribution in [0.1, 0.15) is 29.3 Å². The molecule has 2 atom stereocenters. The molecule has 0 aliphatic heterocycles. The molecule has 0 amide bonds. The number of nitrogens with zero attached hydrogens (tertiary/aromatic N) is 1. The van der Waals surface area contributed by atoms with Gasteiger partial charge in [-0.25, -0.2) is 22.4 Å². The molecule has 0 aromatic heterocycles. The van der Waals surface area contributed by atoms with Crippen LogP contribution in [-0.4, -0.2) is 17.0 Å². The molecule has 0 radical (unpaired) electrons. The van der Waals surface area contributed by atoms with E-state index in [-0.39, 0.29) is 5.69 Å². The maximum atomic E-state index is 14.6. The van der Waals surface area contributed by atoms with Crippen molar-refractivity contribution in [3.05, 3.63) is 64.3 Å². The Bertz CT molecular complexity index is 1110. The van der Waals surface area contributed by atoms with Gasteiger partial charge in [0.25, 0.3) is 5.92 Å². The minimum atomic E-state index is -5.35. The third-order valence-electron chi connectivity index (χ3n) is 5.20. The Morgan fingerprint density at radius 3 is 2.37 bits per heavy atom. The highest BCUT2D eigenvalue weighted by molar-refractivity contribution is 5.60. The van der Waals surface area contributed by atoms with Crippen molar-refractivity contribution >= 4 is 5.69 Å². The van der Waals surface area contributed by atoms with E-state index in [1.54, 1.807) is 0 Å². The zero-order chi connectivity index (χ0) is 22.3. The van der Waals surface area contributed by atoms with Gasteiger partial charge in [-0.1, -0.05) is 0 Å². The molecule has 0 saturated carbocycles. The number of benzene rings is 2. The average Bonchev–Trinajstić information content (AvgIpc) is 2.75. The Labute approximate surface area is 163 Å². The van der Waals surface area contributed by atoms with E-state index in [1.807, 2.05) is 0 Å². The molecule has 11 heteroatoms. The predicted molar refractivity (Wildman–Crippen MR) is 85.3 cm³/mol. The zero-order valence-corrected chi connectivity index (χ0v) is 14.5. The second-order valence-electron chi connectivity index (χ2n) is 7.07. The van der Waals surface area contributed by atoms with Gasteiger partial charge < -0.3 is 9.84 Å². The predicted octanol–water partition coefficient (Wildman–Crippen LogP) is 6.15. The second kappa shape index (κ2) is 5.85. The molecule has 0 spiro atoms. The molecule has 4 rings (SSSR count). The van der Waals surface area contributed by atoms with Crippen molar-refractivity contribution in [3.8, 4) is 11.5 Å². The van der Waals surface area contributed by atoms with Crippen molar-refractivity contribution in [2.45, 2.75) is 36.0 Å². The molecule has 2 aliphatic carbocycles. The summed E-state index contributed by atoms with van der Waals surface area (Å²) in [5.41, 5.74) is -8.60. The summed E-state index contributed by atoms with van der Waals surface area (Å²) in [7, 11) is 0. The van der Waals surface area contributed by atoms with Crippen LogP contribution in [0.25, 0.3) is 4.85 Å². The Morgan fingerprint density at radius 2 is 1.73 bits per heavy atom. The van der Waals surface area contributed by atoms with E-state index in [1.165, 1.54) is 0 Å². The number of halogens is 8. The number of hydrogen-bond acceptors (Lipinski definition) is 2. The number of alkyl halides is 7. The number of rotatable bonds is 2. The lowest BCUT2D eigenvalue weighted by Gasteiger charge is -2.40. The largest absolute Gasteiger partial charge is 0.458 e. The smallest absolute Gasteiger partial charge is 0.346 e. The molecule has 0 heterocycles. The van der Waals surface area contributed by atoms with Crippen molar-refractivity contribution in [2.24, 2.45) is 0 Å². The van der Waals surface area contributed by atoms with Crippen molar-refractivity contribution in [2.75, 3.05) is 0 Å². The van der Waals surface area contributed by atoms with Crippen LogP contribution in [0, 0.1) is 12.4 Å². The SMILES string of the molecule is [C-]#[N+]c1cc(F)cc(Oc2ccc3c4c2C(F)C(F)(F)C[C@@]4(O)C(F)(F)C3(F)F)c1. The Morgan fingerprint density at radius 1 is 1.07 bits per heavy atom. The summed E-state index contributed by atoms with van der Waals surface area (Å²) in [5.74, 6) is -17.4. The van der Waals surface area contributed by atoms with E-state index in [9.17, 15) is 40.2 Å². The molecule has 30 heavy (non-hydrogen) atoms. The fourth-order valence-corrected chi connectivity index (χ4v) is 3.87. The van der Waals surface area contributed by atoms with Crippen molar-refractivity contribution < 1.29 is 45.0 Å². The van der Waals surface area contributed by atoms with E-state index in [0.717, 1.165) is 12.1 Å². The van der Waals surface area contributed by atoms with Crippen LogP contribution in [0.2, 0.25) is 0 Å². The van der Waals surface area contributed by atoms with E-state index >= 15 is 0 Å². The molecule has 1 N–H and O–H groups in total. The van der Waals surface area contributed by atoms with Crippen LogP contribution in [0.15, 0.2) is 30.3 Å². The zero-order valence-electron chi connectivity index (χ0n) is 14.5. The molecule has 0 fully saturated rings. The van der Waals surface area contributed by atoms with Crippen LogP contribution in [0.5, 0.6) is 11.5 Å². The van der Waals surface area contributed by atoms with Gasteiger partial charge in [0.1, 0.15) is 17.3 Å². The molecule has 2 aromatic rings. The van der Waals surface area contributed by atoms with Crippen LogP contribution in [0.3, 0.4) is 0 Å². The van der Waals surface area contributed by atoms with E-state index in [4.69, 9.17) is 11.3 Å². The van der Waals surface area contributed by atoms with Gasteiger partial charge in [-0.2, -0.15) is 17.6 Å². The van der Waals surface area contributed by atoms with Crippen molar-refractivity contribution in [1.82, 2.24) is 0 Å². The highest BCUT2D eigenvalue weighted by Gasteiger charge is 2.80. The van der Waals surface area contributed by atoms with Gasteiger partial charge >= 0.3 is 11.8 Å². The fraction of sp³-hybridized carbons (Fsp3) is 0.316. The first-order valence-electron chi connectivity index (χ1n) is 8.30. The Kier molecular flexibility index (Phi) is 3.98. The van der Waals surface area contributed by atoms with Gasteiger partial charge in [0.15, 0.2) is 17.5 Å². The summed E-state index contributed by atoms with van der Waals surface area (Å²) >= 11 is 0. The minimum absolute atomic E-state index is 0.281. The Balaban J connectivity index is 1.97. The standard InChI is InChI=1S/C19H9F8NO2/c1-28-9-4-8(20)5-10(6-9)30-12-3-2-11-14-13(12)15(21)17(22,23)7-16(14,29)19(26,27)18(11,24)25/h2-6,15,29H,7H2/t15?,16-/m0/s1. The van der Waals surface area contributed by atoms with Crippen molar-refractivity contribution in [3.63, 3.8) is 0 Å². The first kappa shape index (κ1) is 20.4. The molecule has 1 unspecified atom stereocenters. The lowest BCUT2D eigenvalue weighted by molar-refractivity contribution is -0.306. The van der Waals surface area contributed by atoms with Gasteiger partial charge in [0.05, 0.1) is 13.0 Å². The van der Waals surface area contributed by atoms with Crippen LogP contribution < -0.4 is 4.74 Å². The Hall–Kier alpha value is -2.87. The van der Waals surface area contributed by atoms with Gasteiger partial charge in [-0.3, -0.25) is 0 Å². The highest BCUT2D eigenvalue weighted by atomic mass is 19.3. The summed E-state index contributed by atoms with van der Waals surface area (Å²) in [6.45, 7) is 6.87. The molecular weight excluding hydrogens is 426 g/mol. The van der Waals surface area contributed by atoms with Gasteiger partial charge in [0.2, 0.25) is 0 Å². The minimum Gasteiger partial charge on any atom is -0.458 e. The fourth-order valence-electron chi connectivity index (χ4n) is 3.87. The monoisotopic (exact) mass is 435 g/mol. The number of ether oxygens (including phenoxy) is 1. The second-order valence-corrected chi connectivity index (χ2v) is 7.07. The van der Waals surface area contributed by atoms with Crippen molar-refractivity contribution in [1.29, 1.82) is 0 Å². The van der Waals surface area contributed by atoms with E-state index in [0.29, 0.717) is 18.2 Å². The molecule has 2 aliphatic rings. The maximum absolute atomic E-state index is 14.6. The van der Waals surface area contributed by atoms with E-state index in [2.05, 4.69) is 4.85 Å². The average molecular weight is 435 g/mol. The normalized spacial score (nSPS) is 27.3. The molecule has 0 bridgehead atoms. The number of hydrogen-bond donors (Lipinski definition) is 1. The number of aliphatic hydroxyl groups is 1. The molecule has 3 nitrogen and oxygen atoms in total. The van der Waals surface area contributed by atoms with Crippen LogP contribution in [0.4, 0.5) is 40.8 Å². The molecule has 158 valence electrons. The maximum Gasteiger partial charge on any atom is 0.346 e. The van der Waals surface area contributed by atoms with Gasteiger partial charge in [-0.05, 0) is 24.3 Å². The quantitative estimate of drug-likeness (QED) is 0.454. The van der Waals surface area contributed by atoms with E-state index < -0.39 is 70.0 Å². The van der Waals surface area contributed by atoms with Crippen LogP contribution >= 0.6 is 0 Å². The summed E-state index contributed by atoms with van der Waals surface area (Å²) in [6.07, 6.45) is -5.63. The molecule has 2 aromatic carbocycles. The third-order valence-corrected chi connectivity index (χ3v) is 5.20. The first-order chi connectivity index (χ1) is 13.8. The molecule has 0 saturated heterocycles. The lowest BCUT2D eigenvalue weighted by Crippen LogP contribution is -2.54. The summed E-state index contributed by atoms with van der Waals surface area (Å²) in [4.78, 5) is 2.94.